The summed E-state index contributed by atoms with van der Waals surface area (Å²) < 4.78 is 5.26. The molecule has 6 nitrogen and oxygen atoms in total. The zero-order valence-electron chi connectivity index (χ0n) is 11.6. The number of hydrogen-bond acceptors (Lipinski definition) is 4. The van der Waals surface area contributed by atoms with Crippen molar-refractivity contribution < 1.29 is 19.4 Å². The maximum absolute atomic E-state index is 12.0. The molecule has 0 saturated heterocycles. The first-order chi connectivity index (χ1) is 9.45. The highest BCUT2D eigenvalue weighted by molar-refractivity contribution is 5.90. The van der Waals surface area contributed by atoms with E-state index >= 15 is 0 Å². The van der Waals surface area contributed by atoms with Crippen LogP contribution in [0.15, 0.2) is 30.6 Å². The monoisotopic (exact) mass is 278 g/mol. The smallest absolute Gasteiger partial charge is 0.339 e. The molecule has 1 aromatic rings. The number of amides is 1. The van der Waals surface area contributed by atoms with Crippen molar-refractivity contribution in [3.63, 3.8) is 0 Å². The van der Waals surface area contributed by atoms with Crippen LogP contribution in [0.5, 0.6) is 5.75 Å². The van der Waals surface area contributed by atoms with Gasteiger partial charge in [0, 0.05) is 19.3 Å². The van der Waals surface area contributed by atoms with Gasteiger partial charge in [0.1, 0.15) is 5.56 Å². The average Bonchev–Trinajstić information content (AvgIpc) is 2.42. The van der Waals surface area contributed by atoms with Crippen molar-refractivity contribution in [2.24, 2.45) is 0 Å². The molecule has 0 atom stereocenters. The number of aromatic nitrogens is 1. The Morgan fingerprint density at radius 1 is 1.50 bits per heavy atom. The lowest BCUT2D eigenvalue weighted by Crippen LogP contribution is -2.36. The van der Waals surface area contributed by atoms with Crippen LogP contribution in [0, 0.1) is 0 Å². The van der Waals surface area contributed by atoms with E-state index < -0.39 is 5.97 Å². The van der Waals surface area contributed by atoms with E-state index in [2.05, 4.69) is 11.6 Å². The number of likely N-dealkylation sites (N-methyl/N-ethyl adjacent to an activating group) is 1. The number of carboxylic acid groups (broad SMARTS) is 1. The van der Waals surface area contributed by atoms with Crippen LogP contribution in [-0.4, -0.2) is 46.6 Å². The number of rotatable bonds is 7. The third kappa shape index (κ3) is 4.38. The second-order valence-electron chi connectivity index (χ2n) is 4.33. The van der Waals surface area contributed by atoms with Crippen LogP contribution in [0.2, 0.25) is 0 Å². The molecule has 0 radical (unpaired) electrons. The summed E-state index contributed by atoms with van der Waals surface area (Å²) in [5.74, 6) is -1.26. The molecule has 1 rings (SSSR count). The van der Waals surface area contributed by atoms with Crippen LogP contribution >= 0.6 is 0 Å². The van der Waals surface area contributed by atoms with Crippen LogP contribution in [0.1, 0.15) is 24.2 Å². The Morgan fingerprint density at radius 2 is 2.20 bits per heavy atom. The molecule has 0 fully saturated rings. The van der Waals surface area contributed by atoms with Gasteiger partial charge in [-0.1, -0.05) is 12.2 Å². The maximum atomic E-state index is 12.0. The van der Waals surface area contributed by atoms with E-state index in [0.717, 1.165) is 5.57 Å². The Labute approximate surface area is 117 Å². The number of carbonyl (C=O) groups excluding carboxylic acids is 1. The Morgan fingerprint density at radius 3 is 2.75 bits per heavy atom. The first kappa shape index (κ1) is 15.7. The van der Waals surface area contributed by atoms with E-state index in [1.807, 2.05) is 13.8 Å². The Bertz CT molecular complexity index is 514. The highest BCUT2D eigenvalue weighted by Crippen LogP contribution is 2.16. The molecule has 0 bridgehead atoms. The second kappa shape index (κ2) is 7.28. The minimum Gasteiger partial charge on any atom is -0.481 e. The van der Waals surface area contributed by atoms with Crippen molar-refractivity contribution >= 4 is 11.9 Å². The quantitative estimate of drug-likeness (QED) is 0.766. The fraction of sp³-hybridized carbons (Fsp3) is 0.357. The molecule has 1 amide bonds. The lowest BCUT2D eigenvalue weighted by molar-refractivity contribution is -0.132. The van der Waals surface area contributed by atoms with E-state index in [1.54, 1.807) is 4.90 Å². The van der Waals surface area contributed by atoms with Gasteiger partial charge in [0.15, 0.2) is 12.4 Å². The van der Waals surface area contributed by atoms with Gasteiger partial charge >= 0.3 is 5.97 Å². The van der Waals surface area contributed by atoms with Crippen molar-refractivity contribution in [3.8, 4) is 5.75 Å². The third-order valence-corrected chi connectivity index (χ3v) is 2.56. The first-order valence-corrected chi connectivity index (χ1v) is 6.18. The van der Waals surface area contributed by atoms with Crippen molar-refractivity contribution in [2.75, 3.05) is 19.7 Å². The summed E-state index contributed by atoms with van der Waals surface area (Å²) in [6.45, 7) is 8.21. The molecule has 20 heavy (non-hydrogen) atoms. The van der Waals surface area contributed by atoms with E-state index in [9.17, 15) is 9.59 Å². The molecule has 108 valence electrons. The van der Waals surface area contributed by atoms with Gasteiger partial charge in [0.05, 0.1) is 6.20 Å². The Balaban J connectivity index is 2.69. The fourth-order valence-electron chi connectivity index (χ4n) is 1.60. The fourth-order valence-corrected chi connectivity index (χ4v) is 1.60. The van der Waals surface area contributed by atoms with Crippen LogP contribution in [0.3, 0.4) is 0 Å². The lowest BCUT2D eigenvalue weighted by Gasteiger charge is -2.21. The second-order valence-corrected chi connectivity index (χ2v) is 4.33. The summed E-state index contributed by atoms with van der Waals surface area (Å²) in [5.41, 5.74) is 0.851. The largest absolute Gasteiger partial charge is 0.481 e. The highest BCUT2D eigenvalue weighted by Gasteiger charge is 2.15. The topological polar surface area (TPSA) is 79.7 Å². The predicted octanol–water partition coefficient (Wildman–Crippen LogP) is 1.58. The molecule has 0 unspecified atom stereocenters. The van der Waals surface area contributed by atoms with Gasteiger partial charge in [0.25, 0.3) is 5.91 Å². The molecular formula is C14H18N2O4. The molecule has 1 aromatic heterocycles. The lowest BCUT2D eigenvalue weighted by atomic mass is 10.2. The van der Waals surface area contributed by atoms with Gasteiger partial charge in [-0.15, -0.1) is 0 Å². The summed E-state index contributed by atoms with van der Waals surface area (Å²) in [5, 5.41) is 8.99. The van der Waals surface area contributed by atoms with Gasteiger partial charge in [0.2, 0.25) is 0 Å². The van der Waals surface area contributed by atoms with Gasteiger partial charge < -0.3 is 14.7 Å². The SMILES string of the molecule is C=C(C)CN(CC)C(=O)COc1cnccc1C(=O)O. The normalized spacial score (nSPS) is 9.90. The molecule has 0 aromatic carbocycles. The van der Waals surface area contributed by atoms with Crippen molar-refractivity contribution in [1.82, 2.24) is 9.88 Å². The molecule has 1 N–H and O–H groups in total. The molecule has 0 saturated carbocycles. The zero-order valence-corrected chi connectivity index (χ0v) is 11.6. The summed E-state index contributed by atoms with van der Waals surface area (Å²) in [4.78, 5) is 28.3. The number of carbonyl (C=O) groups is 2. The summed E-state index contributed by atoms with van der Waals surface area (Å²) in [6, 6.07) is 1.33. The van der Waals surface area contributed by atoms with E-state index in [1.165, 1.54) is 18.5 Å². The summed E-state index contributed by atoms with van der Waals surface area (Å²) in [6.07, 6.45) is 2.64. The molecule has 0 aliphatic carbocycles. The Kier molecular flexibility index (Phi) is 5.71. The van der Waals surface area contributed by atoms with E-state index in [-0.39, 0.29) is 23.8 Å². The summed E-state index contributed by atoms with van der Waals surface area (Å²) >= 11 is 0. The van der Waals surface area contributed by atoms with Gasteiger partial charge in [-0.25, -0.2) is 4.79 Å². The number of ether oxygens (including phenoxy) is 1. The highest BCUT2D eigenvalue weighted by atomic mass is 16.5. The number of carboxylic acids is 1. The predicted molar refractivity (Wildman–Crippen MR) is 73.8 cm³/mol. The minimum absolute atomic E-state index is 0.0178. The standard InChI is InChI=1S/C14H18N2O4/c1-4-16(8-10(2)3)13(17)9-20-12-7-15-6-5-11(12)14(18)19/h5-7H,2,4,8-9H2,1,3H3,(H,18,19). The molecule has 1 heterocycles. The number of pyridine rings is 1. The summed E-state index contributed by atoms with van der Waals surface area (Å²) in [7, 11) is 0. The van der Waals surface area contributed by atoms with Gasteiger partial charge in [-0.2, -0.15) is 0 Å². The van der Waals surface area contributed by atoms with Crippen LogP contribution in [-0.2, 0) is 4.79 Å². The van der Waals surface area contributed by atoms with Gasteiger partial charge in [-0.05, 0) is 19.9 Å². The molecule has 0 spiro atoms. The van der Waals surface area contributed by atoms with Crippen LogP contribution in [0.4, 0.5) is 0 Å². The van der Waals surface area contributed by atoms with Gasteiger partial charge in [-0.3, -0.25) is 9.78 Å². The van der Waals surface area contributed by atoms with Crippen LogP contribution in [0.25, 0.3) is 0 Å². The first-order valence-electron chi connectivity index (χ1n) is 6.18. The zero-order chi connectivity index (χ0) is 15.1. The molecule has 6 heteroatoms. The third-order valence-electron chi connectivity index (χ3n) is 2.56. The maximum Gasteiger partial charge on any atom is 0.339 e. The Hall–Kier alpha value is -2.37. The van der Waals surface area contributed by atoms with Crippen molar-refractivity contribution in [3.05, 3.63) is 36.2 Å². The number of hydrogen-bond donors (Lipinski definition) is 1. The molecule has 0 aliphatic rings. The van der Waals surface area contributed by atoms with E-state index in [0.29, 0.717) is 13.1 Å². The van der Waals surface area contributed by atoms with Crippen molar-refractivity contribution in [2.45, 2.75) is 13.8 Å². The van der Waals surface area contributed by atoms with Crippen LogP contribution < -0.4 is 4.74 Å². The number of nitrogens with zero attached hydrogens (tertiary/aromatic N) is 2. The minimum atomic E-state index is -1.12. The number of aromatic carboxylic acids is 1. The molecule has 0 aliphatic heterocycles. The molecular weight excluding hydrogens is 260 g/mol. The average molecular weight is 278 g/mol. The van der Waals surface area contributed by atoms with E-state index in [4.69, 9.17) is 9.84 Å². The van der Waals surface area contributed by atoms with Crippen molar-refractivity contribution in [1.29, 1.82) is 0 Å².